The van der Waals surface area contributed by atoms with Crippen molar-refractivity contribution >= 4 is 11.9 Å². The Morgan fingerprint density at radius 1 is 0.600 bits per heavy atom. The van der Waals surface area contributed by atoms with E-state index in [1.165, 1.54) is 0 Å². The molecule has 0 bridgehead atoms. The summed E-state index contributed by atoms with van der Waals surface area (Å²) in [5.74, 6) is -33.2. The van der Waals surface area contributed by atoms with Crippen LogP contribution in [0, 0.1) is 0 Å². The number of carbonyl (C=O) groups is 2. The van der Waals surface area contributed by atoms with E-state index in [-0.39, 0.29) is 4.98 Å². The highest BCUT2D eigenvalue weighted by Gasteiger charge is 2.77. The molecule has 0 amide bonds. The Morgan fingerprint density at radius 2 is 0.857 bits per heavy atom. The molecule has 0 saturated carbocycles. The molecule has 0 aromatic carbocycles. The Hall–Kier alpha value is -2.76. The Labute approximate surface area is 184 Å². The molecule has 1 N–H and O–H groups in total. The second kappa shape index (κ2) is 9.03. The summed E-state index contributed by atoms with van der Waals surface area (Å²) >= 11 is 0. The zero-order valence-electron chi connectivity index (χ0n) is 16.8. The van der Waals surface area contributed by atoms with Gasteiger partial charge < -0.3 is 14.5 Å². The van der Waals surface area contributed by atoms with Crippen molar-refractivity contribution in [3.8, 4) is 0 Å². The van der Waals surface area contributed by atoms with Crippen molar-refractivity contribution in [1.82, 2.24) is 4.98 Å². The van der Waals surface area contributed by atoms with E-state index in [2.05, 4.69) is 9.47 Å². The summed E-state index contributed by atoms with van der Waals surface area (Å²) in [7, 11) is 0. The van der Waals surface area contributed by atoms with E-state index >= 15 is 0 Å². The summed E-state index contributed by atoms with van der Waals surface area (Å²) in [5.41, 5.74) is -11.7. The number of H-pyrrole nitrogens is 1. The standard InChI is InChI=1S/C16H11F14NO4/c1-3-34-9(32)5-6(10(33)35-4-2)8(12(19,20)14(23,24)16(28,29)30)31-7(5)11(17,18)13(21,22)15(25,26)27/h31H,3-4H2,1-2H3. The van der Waals surface area contributed by atoms with E-state index in [0.717, 1.165) is 13.8 Å². The zero-order chi connectivity index (χ0) is 28.0. The third-order valence-corrected chi connectivity index (χ3v) is 4.09. The van der Waals surface area contributed by atoms with E-state index in [9.17, 15) is 71.1 Å². The normalized spacial score (nSPS) is 14.2. The molecule has 0 aliphatic carbocycles. The van der Waals surface area contributed by atoms with Gasteiger partial charge in [-0.2, -0.15) is 61.5 Å². The first kappa shape index (κ1) is 30.3. The van der Waals surface area contributed by atoms with Gasteiger partial charge >= 0.3 is 48.0 Å². The van der Waals surface area contributed by atoms with Gasteiger partial charge in [0.2, 0.25) is 0 Å². The van der Waals surface area contributed by atoms with Crippen molar-refractivity contribution < 1.29 is 80.5 Å². The summed E-state index contributed by atoms with van der Waals surface area (Å²) in [4.78, 5) is 24.3. The van der Waals surface area contributed by atoms with Crippen LogP contribution in [0.25, 0.3) is 0 Å². The zero-order valence-corrected chi connectivity index (χ0v) is 16.8. The fraction of sp³-hybridized carbons (Fsp3) is 0.625. The Balaban J connectivity index is 4.30. The predicted octanol–water partition coefficient (Wildman–Crippen LogP) is 5.95. The van der Waals surface area contributed by atoms with E-state index in [1.807, 2.05) is 0 Å². The van der Waals surface area contributed by atoms with E-state index in [1.54, 1.807) is 0 Å². The minimum atomic E-state index is -7.24. The summed E-state index contributed by atoms with van der Waals surface area (Å²) in [6.45, 7) is -0.192. The first-order valence-corrected chi connectivity index (χ1v) is 8.70. The van der Waals surface area contributed by atoms with Gasteiger partial charge in [0, 0.05) is 0 Å². The van der Waals surface area contributed by atoms with Crippen LogP contribution in [0.15, 0.2) is 0 Å². The molecule has 1 heterocycles. The number of ether oxygens (including phenoxy) is 2. The molecule has 0 radical (unpaired) electrons. The number of alkyl halides is 14. The van der Waals surface area contributed by atoms with Crippen LogP contribution in [0.2, 0.25) is 0 Å². The van der Waals surface area contributed by atoms with Gasteiger partial charge in [-0.05, 0) is 13.8 Å². The number of hydrogen-bond acceptors (Lipinski definition) is 4. The van der Waals surface area contributed by atoms with Crippen molar-refractivity contribution in [3.05, 3.63) is 22.5 Å². The summed E-state index contributed by atoms with van der Waals surface area (Å²) < 4.78 is 195. The molecule has 0 aliphatic heterocycles. The predicted molar refractivity (Wildman–Crippen MR) is 82.5 cm³/mol. The van der Waals surface area contributed by atoms with Crippen molar-refractivity contribution in [2.24, 2.45) is 0 Å². The number of aromatic nitrogens is 1. The molecule has 0 saturated heterocycles. The lowest BCUT2D eigenvalue weighted by atomic mass is 9.98. The quantitative estimate of drug-likeness (QED) is 0.323. The van der Waals surface area contributed by atoms with Crippen LogP contribution < -0.4 is 0 Å². The number of esters is 2. The second-order valence-electron chi connectivity index (χ2n) is 6.36. The molecule has 1 aromatic heterocycles. The highest BCUT2D eigenvalue weighted by atomic mass is 19.4. The van der Waals surface area contributed by atoms with Crippen molar-refractivity contribution in [2.75, 3.05) is 13.2 Å². The van der Waals surface area contributed by atoms with Crippen molar-refractivity contribution in [3.63, 3.8) is 0 Å². The number of nitrogens with one attached hydrogen (secondary N) is 1. The van der Waals surface area contributed by atoms with Gasteiger partial charge in [-0.15, -0.1) is 0 Å². The maximum absolute atomic E-state index is 14.3. The molecule has 0 aliphatic rings. The molecule has 1 rings (SSSR count). The number of hydrogen-bond donors (Lipinski definition) is 1. The van der Waals surface area contributed by atoms with Gasteiger partial charge in [0.25, 0.3) is 0 Å². The van der Waals surface area contributed by atoms with Crippen LogP contribution in [-0.2, 0) is 21.3 Å². The fourth-order valence-electron chi connectivity index (χ4n) is 2.46. The first-order chi connectivity index (χ1) is 15.4. The number of aromatic amines is 1. The third kappa shape index (κ3) is 4.72. The van der Waals surface area contributed by atoms with E-state index in [4.69, 9.17) is 0 Å². The molecule has 0 atom stereocenters. The average molecular weight is 547 g/mol. The third-order valence-electron chi connectivity index (χ3n) is 4.09. The highest BCUT2D eigenvalue weighted by Crippen LogP contribution is 2.56. The molecule has 1 aromatic rings. The monoisotopic (exact) mass is 547 g/mol. The lowest BCUT2D eigenvalue weighted by Gasteiger charge is -2.29. The smallest absolute Gasteiger partial charge is 0.460 e. The maximum Gasteiger partial charge on any atom is 0.460 e. The summed E-state index contributed by atoms with van der Waals surface area (Å²) in [6, 6.07) is 0. The fourth-order valence-corrected chi connectivity index (χ4v) is 2.46. The topological polar surface area (TPSA) is 68.4 Å². The average Bonchev–Trinajstić information content (AvgIpc) is 3.08. The number of carbonyl (C=O) groups excluding carboxylic acids is 2. The van der Waals surface area contributed by atoms with Crippen LogP contribution in [0.4, 0.5) is 61.5 Å². The molecule has 19 heteroatoms. The van der Waals surface area contributed by atoms with Gasteiger partial charge in [-0.3, -0.25) is 0 Å². The Kier molecular flexibility index (Phi) is 7.81. The molecular weight excluding hydrogens is 536 g/mol. The summed E-state index contributed by atoms with van der Waals surface area (Å²) in [6.07, 6.45) is -14.4. The molecule has 0 fully saturated rings. The Morgan fingerprint density at radius 3 is 1.06 bits per heavy atom. The van der Waals surface area contributed by atoms with Crippen LogP contribution in [-0.4, -0.2) is 54.3 Å². The van der Waals surface area contributed by atoms with Crippen molar-refractivity contribution in [2.45, 2.75) is 49.9 Å². The molecule has 0 spiro atoms. The number of rotatable bonds is 8. The minimum Gasteiger partial charge on any atom is -0.462 e. The van der Waals surface area contributed by atoms with E-state index in [0.29, 0.717) is 0 Å². The van der Waals surface area contributed by atoms with Gasteiger partial charge in [0.05, 0.1) is 13.2 Å². The Bertz CT molecular complexity index is 886. The molecule has 0 unspecified atom stereocenters. The van der Waals surface area contributed by atoms with Crippen molar-refractivity contribution in [1.29, 1.82) is 0 Å². The van der Waals surface area contributed by atoms with Crippen LogP contribution in [0.5, 0.6) is 0 Å². The largest absolute Gasteiger partial charge is 0.462 e. The van der Waals surface area contributed by atoms with Crippen LogP contribution >= 0.6 is 0 Å². The highest BCUT2D eigenvalue weighted by molar-refractivity contribution is 6.05. The SMILES string of the molecule is CCOC(=O)c1c(C(F)(F)C(F)(F)C(F)(F)F)[nH]c(C(F)(F)C(F)(F)C(F)(F)F)c1C(=O)OCC. The maximum atomic E-state index is 14.3. The lowest BCUT2D eigenvalue weighted by Crippen LogP contribution is -2.51. The minimum absolute atomic E-state index is 0.204. The molecule has 5 nitrogen and oxygen atoms in total. The summed E-state index contributed by atoms with van der Waals surface area (Å²) in [5, 5.41) is 0. The molecular formula is C16H11F14NO4. The second-order valence-corrected chi connectivity index (χ2v) is 6.36. The van der Waals surface area contributed by atoms with Gasteiger partial charge in [-0.1, -0.05) is 0 Å². The van der Waals surface area contributed by atoms with E-state index < -0.39 is 83.7 Å². The lowest BCUT2D eigenvalue weighted by molar-refractivity contribution is -0.362. The molecule has 35 heavy (non-hydrogen) atoms. The van der Waals surface area contributed by atoms with Gasteiger partial charge in [-0.25, -0.2) is 9.59 Å². The van der Waals surface area contributed by atoms with Crippen LogP contribution in [0.3, 0.4) is 0 Å². The van der Waals surface area contributed by atoms with Crippen LogP contribution in [0.1, 0.15) is 46.0 Å². The number of halogens is 14. The molecule has 202 valence electrons. The van der Waals surface area contributed by atoms with Gasteiger partial charge in [0.15, 0.2) is 0 Å². The first-order valence-electron chi connectivity index (χ1n) is 8.70. The van der Waals surface area contributed by atoms with Gasteiger partial charge in [0.1, 0.15) is 22.5 Å².